The van der Waals surface area contributed by atoms with Crippen LogP contribution in [-0.4, -0.2) is 38.3 Å². The van der Waals surface area contributed by atoms with Gasteiger partial charge in [0.05, 0.1) is 4.90 Å². The Morgan fingerprint density at radius 1 is 1.44 bits per heavy atom. The minimum atomic E-state index is -3.34. The Bertz CT molecular complexity index is 448. The monoisotopic (exact) mass is 323 g/mol. The highest BCUT2D eigenvalue weighted by Crippen LogP contribution is 2.19. The van der Waals surface area contributed by atoms with Crippen LogP contribution in [0.2, 0.25) is 0 Å². The molecule has 0 heterocycles. The largest absolute Gasteiger partial charge is 0.242 e. The third-order valence-corrected chi connectivity index (χ3v) is 5.05. The summed E-state index contributed by atoms with van der Waals surface area (Å²) in [4.78, 5) is 0.325. The van der Waals surface area contributed by atoms with Gasteiger partial charge in [-0.2, -0.15) is 11.8 Å². The standard InChI is InChI=1S/C10H14BrNO2S2/c1-12(6-7-15-2)16(13,14)10-5-3-4-9(11)8-10/h3-5,8H,6-7H2,1-2H3. The van der Waals surface area contributed by atoms with Gasteiger partial charge in [-0.05, 0) is 24.5 Å². The van der Waals surface area contributed by atoms with E-state index in [2.05, 4.69) is 15.9 Å². The Labute approximate surface area is 109 Å². The second-order valence-electron chi connectivity index (χ2n) is 3.28. The van der Waals surface area contributed by atoms with E-state index in [-0.39, 0.29) is 0 Å². The molecule has 6 heteroatoms. The lowest BCUT2D eigenvalue weighted by Gasteiger charge is -2.16. The van der Waals surface area contributed by atoms with Crippen LogP contribution in [-0.2, 0) is 10.0 Å². The Balaban J connectivity index is 2.93. The van der Waals surface area contributed by atoms with Gasteiger partial charge < -0.3 is 0 Å². The first-order valence-corrected chi connectivity index (χ1v) is 8.32. The van der Waals surface area contributed by atoms with Crippen molar-refractivity contribution in [1.82, 2.24) is 4.31 Å². The maximum Gasteiger partial charge on any atom is 0.242 e. The Morgan fingerprint density at radius 3 is 2.69 bits per heavy atom. The zero-order valence-electron chi connectivity index (χ0n) is 9.18. The van der Waals surface area contributed by atoms with Crippen molar-refractivity contribution >= 4 is 37.7 Å². The Morgan fingerprint density at radius 2 is 2.12 bits per heavy atom. The minimum Gasteiger partial charge on any atom is -0.207 e. The second kappa shape index (κ2) is 6.05. The quantitative estimate of drug-likeness (QED) is 0.835. The minimum absolute atomic E-state index is 0.325. The SMILES string of the molecule is CSCCN(C)S(=O)(=O)c1cccc(Br)c1. The van der Waals surface area contributed by atoms with E-state index < -0.39 is 10.0 Å². The molecule has 90 valence electrons. The molecular formula is C10H14BrNO2S2. The average Bonchev–Trinajstić information content (AvgIpc) is 2.25. The molecule has 0 unspecified atom stereocenters. The summed E-state index contributed by atoms with van der Waals surface area (Å²) in [6.45, 7) is 0.524. The molecule has 0 N–H and O–H groups in total. The number of thioether (sulfide) groups is 1. The molecule has 1 aromatic rings. The summed E-state index contributed by atoms with van der Waals surface area (Å²) in [5.41, 5.74) is 0. The van der Waals surface area contributed by atoms with E-state index in [0.29, 0.717) is 11.4 Å². The van der Waals surface area contributed by atoms with Crippen LogP contribution in [0.15, 0.2) is 33.6 Å². The van der Waals surface area contributed by atoms with E-state index in [1.54, 1.807) is 43.1 Å². The fourth-order valence-corrected chi connectivity index (χ4v) is 3.49. The highest BCUT2D eigenvalue weighted by molar-refractivity contribution is 9.10. The summed E-state index contributed by atoms with van der Waals surface area (Å²) in [5, 5.41) is 0. The van der Waals surface area contributed by atoms with Crippen molar-refractivity contribution in [3.8, 4) is 0 Å². The number of benzene rings is 1. The summed E-state index contributed by atoms with van der Waals surface area (Å²) >= 11 is 4.90. The zero-order chi connectivity index (χ0) is 12.2. The Kier molecular flexibility index (Phi) is 5.30. The van der Waals surface area contributed by atoms with Crippen LogP contribution < -0.4 is 0 Å². The van der Waals surface area contributed by atoms with E-state index in [1.807, 2.05) is 6.26 Å². The van der Waals surface area contributed by atoms with Crippen LogP contribution >= 0.6 is 27.7 Å². The molecule has 0 saturated heterocycles. The van der Waals surface area contributed by atoms with Crippen molar-refractivity contribution in [2.75, 3.05) is 25.6 Å². The molecule has 0 aromatic heterocycles. The highest BCUT2D eigenvalue weighted by Gasteiger charge is 2.19. The molecule has 1 aromatic carbocycles. The molecule has 0 radical (unpaired) electrons. The summed E-state index contributed by atoms with van der Waals surface area (Å²) in [7, 11) is -1.74. The van der Waals surface area contributed by atoms with Gasteiger partial charge >= 0.3 is 0 Å². The number of halogens is 1. The van der Waals surface area contributed by atoms with Crippen LogP contribution in [0.1, 0.15) is 0 Å². The van der Waals surface area contributed by atoms with Crippen molar-refractivity contribution in [1.29, 1.82) is 0 Å². The number of hydrogen-bond donors (Lipinski definition) is 0. The first kappa shape index (κ1) is 14.0. The topological polar surface area (TPSA) is 37.4 Å². The van der Waals surface area contributed by atoms with E-state index >= 15 is 0 Å². The first-order valence-electron chi connectivity index (χ1n) is 4.69. The Hall–Kier alpha value is -0.0400. The molecular weight excluding hydrogens is 310 g/mol. The predicted molar refractivity (Wildman–Crippen MR) is 72.3 cm³/mol. The predicted octanol–water partition coefficient (Wildman–Crippen LogP) is 2.43. The molecule has 0 atom stereocenters. The normalized spacial score (nSPS) is 12.0. The summed E-state index contributed by atoms with van der Waals surface area (Å²) in [6, 6.07) is 6.75. The maximum absolute atomic E-state index is 12.1. The average molecular weight is 324 g/mol. The van der Waals surface area contributed by atoms with Crippen molar-refractivity contribution < 1.29 is 8.42 Å². The van der Waals surface area contributed by atoms with Crippen LogP contribution in [0.4, 0.5) is 0 Å². The van der Waals surface area contributed by atoms with Gasteiger partial charge in [0.15, 0.2) is 0 Å². The van der Waals surface area contributed by atoms with Gasteiger partial charge in [0.25, 0.3) is 0 Å². The van der Waals surface area contributed by atoms with Crippen molar-refractivity contribution in [3.63, 3.8) is 0 Å². The number of hydrogen-bond acceptors (Lipinski definition) is 3. The van der Waals surface area contributed by atoms with Crippen LogP contribution in [0.25, 0.3) is 0 Å². The summed E-state index contributed by atoms with van der Waals surface area (Å²) < 4.78 is 26.3. The molecule has 0 spiro atoms. The number of rotatable bonds is 5. The maximum atomic E-state index is 12.1. The number of sulfonamides is 1. The van der Waals surface area contributed by atoms with Crippen LogP contribution in [0, 0.1) is 0 Å². The lowest BCUT2D eigenvalue weighted by Crippen LogP contribution is -2.29. The van der Waals surface area contributed by atoms with Gasteiger partial charge in [-0.1, -0.05) is 22.0 Å². The zero-order valence-corrected chi connectivity index (χ0v) is 12.4. The molecule has 1 rings (SSSR count). The molecule has 16 heavy (non-hydrogen) atoms. The van der Waals surface area contributed by atoms with Crippen molar-refractivity contribution in [2.45, 2.75) is 4.90 Å². The molecule has 0 saturated carbocycles. The van der Waals surface area contributed by atoms with Gasteiger partial charge in [0, 0.05) is 23.8 Å². The molecule has 3 nitrogen and oxygen atoms in total. The summed E-state index contributed by atoms with van der Waals surface area (Å²) in [6.07, 6.45) is 1.96. The number of nitrogens with zero attached hydrogens (tertiary/aromatic N) is 1. The van der Waals surface area contributed by atoms with Gasteiger partial charge in [0.1, 0.15) is 0 Å². The summed E-state index contributed by atoms with van der Waals surface area (Å²) in [5.74, 6) is 0.795. The fraction of sp³-hybridized carbons (Fsp3) is 0.400. The van der Waals surface area contributed by atoms with E-state index in [4.69, 9.17) is 0 Å². The third kappa shape index (κ3) is 3.48. The van der Waals surface area contributed by atoms with Crippen molar-refractivity contribution in [3.05, 3.63) is 28.7 Å². The molecule has 0 fully saturated rings. The molecule has 0 aliphatic rings. The van der Waals surface area contributed by atoms with E-state index in [9.17, 15) is 8.42 Å². The van der Waals surface area contributed by atoms with E-state index in [1.165, 1.54) is 4.31 Å². The smallest absolute Gasteiger partial charge is 0.207 e. The van der Waals surface area contributed by atoms with Crippen LogP contribution in [0.5, 0.6) is 0 Å². The van der Waals surface area contributed by atoms with Crippen molar-refractivity contribution in [2.24, 2.45) is 0 Å². The molecule has 0 aliphatic heterocycles. The molecule has 0 bridgehead atoms. The van der Waals surface area contributed by atoms with Gasteiger partial charge in [-0.3, -0.25) is 0 Å². The highest BCUT2D eigenvalue weighted by atomic mass is 79.9. The molecule has 0 amide bonds. The van der Waals surface area contributed by atoms with E-state index in [0.717, 1.165) is 10.2 Å². The second-order valence-corrected chi connectivity index (χ2v) is 7.22. The third-order valence-electron chi connectivity index (χ3n) is 2.11. The van der Waals surface area contributed by atoms with Gasteiger partial charge in [0.2, 0.25) is 10.0 Å². The van der Waals surface area contributed by atoms with Gasteiger partial charge in [-0.25, -0.2) is 12.7 Å². The lowest BCUT2D eigenvalue weighted by molar-refractivity contribution is 0.488. The van der Waals surface area contributed by atoms with Crippen LogP contribution in [0.3, 0.4) is 0 Å². The fourth-order valence-electron chi connectivity index (χ4n) is 1.15. The molecule has 0 aliphatic carbocycles. The first-order chi connectivity index (χ1) is 7.48. The lowest BCUT2D eigenvalue weighted by atomic mass is 10.4. The van der Waals surface area contributed by atoms with Gasteiger partial charge in [-0.15, -0.1) is 0 Å².